The first-order valence-corrected chi connectivity index (χ1v) is 15.5. The molecule has 3 aromatic carbocycles. The molecular formula is C39H45N3. The Bertz CT molecular complexity index is 1750. The zero-order valence-corrected chi connectivity index (χ0v) is 26.8. The van der Waals surface area contributed by atoms with Crippen molar-refractivity contribution in [3.63, 3.8) is 0 Å². The third kappa shape index (κ3) is 4.64. The van der Waals surface area contributed by atoms with Crippen LogP contribution in [0, 0.1) is 12.3 Å². The summed E-state index contributed by atoms with van der Waals surface area (Å²) in [6.07, 6.45) is 5.22. The van der Waals surface area contributed by atoms with Crippen LogP contribution < -0.4 is 0 Å². The molecule has 216 valence electrons. The molecule has 2 heterocycles. The van der Waals surface area contributed by atoms with Crippen molar-refractivity contribution in [2.45, 2.75) is 79.1 Å². The van der Waals surface area contributed by atoms with Crippen LogP contribution in [-0.4, -0.2) is 14.1 Å². The van der Waals surface area contributed by atoms with Gasteiger partial charge in [0, 0.05) is 47.5 Å². The van der Waals surface area contributed by atoms with Gasteiger partial charge < -0.3 is 4.57 Å². The van der Waals surface area contributed by atoms with E-state index in [1.807, 2.05) is 6.20 Å². The molecule has 0 N–H and O–H groups in total. The normalized spacial score (nSPS) is 17.8. The minimum atomic E-state index is 0.0750. The van der Waals surface area contributed by atoms with Gasteiger partial charge in [-0.15, -0.1) is 0 Å². The van der Waals surface area contributed by atoms with Crippen LogP contribution in [-0.2, 0) is 12.5 Å². The highest BCUT2D eigenvalue weighted by Gasteiger charge is 2.60. The highest BCUT2D eigenvalue weighted by molar-refractivity contribution is 5.76. The van der Waals surface area contributed by atoms with E-state index in [-0.39, 0.29) is 10.8 Å². The van der Waals surface area contributed by atoms with Gasteiger partial charge in [-0.2, -0.15) is 0 Å². The lowest BCUT2D eigenvalue weighted by Crippen LogP contribution is -2.16. The quantitative estimate of drug-likeness (QED) is 0.196. The molecule has 0 spiro atoms. The molecule has 1 saturated carbocycles. The average Bonchev–Trinajstić information content (AvgIpc) is 3.30. The summed E-state index contributed by atoms with van der Waals surface area (Å²) in [5.41, 5.74) is 13.2. The van der Waals surface area contributed by atoms with Crippen LogP contribution in [0.2, 0.25) is 0 Å². The number of aryl methyl sites for hydroxylation is 1. The Hall–Kier alpha value is -3.85. The lowest BCUT2D eigenvalue weighted by Gasteiger charge is -2.21. The molecule has 1 unspecified atom stereocenters. The van der Waals surface area contributed by atoms with Gasteiger partial charge in [0.2, 0.25) is 0 Å². The van der Waals surface area contributed by atoms with Crippen LogP contribution in [0.3, 0.4) is 0 Å². The molecule has 2 aromatic heterocycles. The summed E-state index contributed by atoms with van der Waals surface area (Å²) in [7, 11) is 2.26. The fraction of sp³-hybridized carbons (Fsp3) is 0.359. The molecule has 1 aliphatic carbocycles. The summed E-state index contributed by atoms with van der Waals surface area (Å²) >= 11 is 0. The zero-order valence-electron chi connectivity index (χ0n) is 26.8. The van der Waals surface area contributed by atoms with Crippen molar-refractivity contribution >= 4 is 0 Å². The number of aromatic nitrogens is 3. The number of imidazole rings is 1. The van der Waals surface area contributed by atoms with Gasteiger partial charge in [-0.1, -0.05) is 90.9 Å². The van der Waals surface area contributed by atoms with Crippen molar-refractivity contribution in [1.82, 2.24) is 14.1 Å². The number of rotatable bonds is 7. The number of nitrogens with zero attached hydrogens (tertiary/aromatic N) is 3. The van der Waals surface area contributed by atoms with Gasteiger partial charge in [-0.05, 0) is 94.3 Å². The molecule has 6 rings (SSSR count). The molecular weight excluding hydrogens is 510 g/mol. The predicted molar refractivity (Wildman–Crippen MR) is 178 cm³/mol. The summed E-state index contributed by atoms with van der Waals surface area (Å²) in [5, 5.41) is 0. The molecule has 0 amide bonds. The van der Waals surface area contributed by atoms with Crippen molar-refractivity contribution in [2.24, 2.45) is 12.5 Å². The predicted octanol–water partition coefficient (Wildman–Crippen LogP) is 10.5. The summed E-state index contributed by atoms with van der Waals surface area (Å²) in [5.74, 6) is 1.95. The molecule has 1 fully saturated rings. The largest absolute Gasteiger partial charge is 0.346 e. The van der Waals surface area contributed by atoms with E-state index in [0.717, 1.165) is 17.9 Å². The van der Waals surface area contributed by atoms with Crippen molar-refractivity contribution in [3.05, 3.63) is 108 Å². The topological polar surface area (TPSA) is 22.8 Å². The number of benzene rings is 3. The van der Waals surface area contributed by atoms with E-state index >= 15 is 0 Å². The van der Waals surface area contributed by atoms with Gasteiger partial charge in [0.25, 0.3) is 0 Å². The van der Waals surface area contributed by atoms with Crippen LogP contribution in [0.1, 0.15) is 89.1 Å². The molecule has 42 heavy (non-hydrogen) atoms. The maximum atomic E-state index is 5.02. The second-order valence-corrected chi connectivity index (χ2v) is 13.9. The van der Waals surface area contributed by atoms with E-state index in [2.05, 4.69) is 151 Å². The van der Waals surface area contributed by atoms with E-state index < -0.39 is 0 Å². The minimum Gasteiger partial charge on any atom is -0.346 e. The van der Waals surface area contributed by atoms with Crippen molar-refractivity contribution < 1.29 is 0 Å². The van der Waals surface area contributed by atoms with Gasteiger partial charge in [-0.25, -0.2) is 4.98 Å². The first kappa shape index (κ1) is 28.3. The molecule has 1 aliphatic rings. The Balaban J connectivity index is 1.55. The lowest BCUT2D eigenvalue weighted by atomic mass is 9.91. The van der Waals surface area contributed by atoms with Crippen LogP contribution in [0.4, 0.5) is 0 Å². The van der Waals surface area contributed by atoms with Gasteiger partial charge in [-0.3, -0.25) is 4.57 Å². The van der Waals surface area contributed by atoms with Crippen LogP contribution in [0.5, 0.6) is 0 Å². The van der Waals surface area contributed by atoms with E-state index in [1.54, 1.807) is 0 Å². The number of hydrogen-bond acceptors (Lipinski definition) is 1. The molecule has 0 bridgehead atoms. The third-order valence-corrected chi connectivity index (χ3v) is 9.99. The van der Waals surface area contributed by atoms with Crippen LogP contribution in [0.15, 0.2) is 85.2 Å². The minimum absolute atomic E-state index is 0.0750. The lowest BCUT2D eigenvalue weighted by molar-refractivity contribution is 0.507. The summed E-state index contributed by atoms with van der Waals surface area (Å²) in [6.45, 7) is 18.6. The molecule has 0 radical (unpaired) electrons. The molecule has 1 atom stereocenters. The number of hydrogen-bond donors (Lipinski definition) is 0. The van der Waals surface area contributed by atoms with Gasteiger partial charge in [0.05, 0.1) is 0 Å². The molecule has 5 aromatic rings. The van der Waals surface area contributed by atoms with Crippen molar-refractivity contribution in [2.75, 3.05) is 0 Å². The Morgan fingerprint density at radius 1 is 0.762 bits per heavy atom. The standard InChI is InChI=1S/C39H45N3/c1-25(2)29-19-30(26(3)4)21-31(20-29)35-23-34(36(41(35)9)39(8)24-38(39,6)7)37-40-17-18-42(37)32-15-12-14-28(22-32)33-16-11-10-13-27(33)5/h10-23,25-26H,24H2,1-9H3. The van der Waals surface area contributed by atoms with Crippen LogP contribution >= 0.6 is 0 Å². The first-order valence-electron chi connectivity index (χ1n) is 15.5. The summed E-state index contributed by atoms with van der Waals surface area (Å²) < 4.78 is 4.74. The smallest absolute Gasteiger partial charge is 0.146 e. The van der Waals surface area contributed by atoms with E-state index in [4.69, 9.17) is 4.98 Å². The molecule has 3 heteroatoms. The van der Waals surface area contributed by atoms with E-state index in [0.29, 0.717) is 11.8 Å². The molecule has 0 saturated heterocycles. The van der Waals surface area contributed by atoms with Crippen molar-refractivity contribution in [1.29, 1.82) is 0 Å². The van der Waals surface area contributed by atoms with E-state index in [9.17, 15) is 0 Å². The fourth-order valence-corrected chi connectivity index (χ4v) is 6.88. The Labute approximate surface area is 252 Å². The highest BCUT2D eigenvalue weighted by Crippen LogP contribution is 2.65. The maximum Gasteiger partial charge on any atom is 0.146 e. The molecule has 3 nitrogen and oxygen atoms in total. The zero-order chi connectivity index (χ0) is 30.0. The SMILES string of the molecule is Cc1ccccc1-c1cccc(-n2ccnc2-c2cc(-c3cc(C(C)C)cc(C(C)C)c3)n(C)c2C2(C)CC2(C)C)c1. The second-order valence-electron chi connectivity index (χ2n) is 13.9. The molecule has 0 aliphatic heterocycles. The van der Waals surface area contributed by atoms with Gasteiger partial charge in [0.15, 0.2) is 0 Å². The summed E-state index contributed by atoms with van der Waals surface area (Å²) in [4.78, 5) is 5.02. The maximum absolute atomic E-state index is 5.02. The highest BCUT2D eigenvalue weighted by atomic mass is 15.1. The summed E-state index contributed by atoms with van der Waals surface area (Å²) in [6, 6.07) is 27.1. The van der Waals surface area contributed by atoms with Crippen LogP contribution in [0.25, 0.3) is 39.5 Å². The van der Waals surface area contributed by atoms with E-state index in [1.165, 1.54) is 50.3 Å². The average molecular weight is 556 g/mol. The first-order chi connectivity index (χ1) is 19.9. The van der Waals surface area contributed by atoms with Gasteiger partial charge >= 0.3 is 0 Å². The fourth-order valence-electron chi connectivity index (χ4n) is 6.88. The second kappa shape index (κ2) is 10.2. The van der Waals surface area contributed by atoms with Gasteiger partial charge in [0.1, 0.15) is 5.82 Å². The Kier molecular flexibility index (Phi) is 6.84. The third-order valence-electron chi connectivity index (χ3n) is 9.99. The Morgan fingerprint density at radius 3 is 2.05 bits per heavy atom. The van der Waals surface area contributed by atoms with Crippen molar-refractivity contribution in [3.8, 4) is 39.5 Å². The monoisotopic (exact) mass is 555 g/mol. The Morgan fingerprint density at radius 2 is 1.43 bits per heavy atom.